The molecule has 0 spiro atoms. The molecule has 3 aliphatic rings. The summed E-state index contributed by atoms with van der Waals surface area (Å²) < 4.78 is 27.9. The van der Waals surface area contributed by atoms with E-state index in [1.807, 2.05) is 11.0 Å². The van der Waals surface area contributed by atoms with Gasteiger partial charge in [-0.25, -0.2) is 0 Å². The maximum Gasteiger partial charge on any atom is 0.255 e. The van der Waals surface area contributed by atoms with Crippen molar-refractivity contribution in [2.75, 3.05) is 41.5 Å². The van der Waals surface area contributed by atoms with Crippen molar-refractivity contribution < 1.29 is 28.5 Å². The Morgan fingerprint density at radius 2 is 1.94 bits per heavy atom. The first kappa shape index (κ1) is 25.7. The third-order valence-corrected chi connectivity index (χ3v) is 7.05. The maximum atomic E-state index is 14.3. The molecular weight excluding hydrogens is 460 g/mol. The molecule has 1 amide bonds. The molecule has 1 fully saturated rings. The van der Waals surface area contributed by atoms with Gasteiger partial charge in [-0.2, -0.15) is 0 Å². The lowest BCUT2D eigenvalue weighted by Crippen LogP contribution is -2.45. The van der Waals surface area contributed by atoms with Crippen LogP contribution in [0.2, 0.25) is 0 Å². The Hall–Kier alpha value is -3.39. The van der Waals surface area contributed by atoms with Gasteiger partial charge >= 0.3 is 0 Å². The van der Waals surface area contributed by atoms with Gasteiger partial charge in [0.15, 0.2) is 17.3 Å². The number of amides is 1. The lowest BCUT2D eigenvalue weighted by atomic mass is 9.94. The van der Waals surface area contributed by atoms with Crippen LogP contribution in [-0.4, -0.2) is 69.3 Å². The van der Waals surface area contributed by atoms with Gasteiger partial charge in [-0.15, -0.1) is 0 Å². The van der Waals surface area contributed by atoms with Gasteiger partial charge in [0.25, 0.3) is 5.91 Å². The monoisotopic (exact) mass is 496 g/mol. The molecule has 8 nitrogen and oxygen atoms in total. The Kier molecular flexibility index (Phi) is 8.59. The summed E-state index contributed by atoms with van der Waals surface area (Å²) in [6.07, 6.45) is 15.7. The first-order chi connectivity index (χ1) is 17.6. The number of benzene rings is 1. The average Bonchev–Trinajstić information content (AvgIpc) is 3.35. The Morgan fingerprint density at radius 3 is 2.50 bits per heavy atom. The molecule has 2 atom stereocenters. The first-order valence-corrected chi connectivity index (χ1v) is 12.4. The van der Waals surface area contributed by atoms with E-state index in [-0.39, 0.29) is 5.91 Å². The largest absolute Gasteiger partial charge is 0.493 e. The quantitative estimate of drug-likeness (QED) is 0.467. The minimum absolute atomic E-state index is 0.144. The number of carbonyl (C=O) groups is 1. The Bertz CT molecular complexity index is 1040. The Balaban J connectivity index is 1.75. The van der Waals surface area contributed by atoms with Gasteiger partial charge in [0.1, 0.15) is 24.8 Å². The summed E-state index contributed by atoms with van der Waals surface area (Å²) in [7, 11) is 6.79. The van der Waals surface area contributed by atoms with E-state index in [4.69, 9.17) is 23.7 Å². The van der Waals surface area contributed by atoms with Gasteiger partial charge in [-0.05, 0) is 63.4 Å². The highest BCUT2D eigenvalue weighted by Gasteiger charge is 2.35. The number of methoxy groups -OCH3 is 3. The molecule has 0 N–H and O–H groups in total. The molecule has 4 rings (SSSR count). The molecule has 1 aromatic carbocycles. The van der Waals surface area contributed by atoms with Gasteiger partial charge in [0.2, 0.25) is 5.75 Å². The normalized spacial score (nSPS) is 20.1. The van der Waals surface area contributed by atoms with Crippen molar-refractivity contribution in [1.82, 2.24) is 9.80 Å². The van der Waals surface area contributed by atoms with Crippen LogP contribution >= 0.6 is 0 Å². The topological polar surface area (TPSA) is 69.7 Å². The molecule has 1 saturated heterocycles. The number of likely N-dealkylation sites (tertiary alicyclic amines) is 1. The average molecular weight is 497 g/mol. The van der Waals surface area contributed by atoms with Gasteiger partial charge in [-0.1, -0.05) is 18.2 Å². The van der Waals surface area contributed by atoms with E-state index in [9.17, 15) is 4.79 Å². The fourth-order valence-corrected chi connectivity index (χ4v) is 5.14. The van der Waals surface area contributed by atoms with Crippen LogP contribution in [0.1, 0.15) is 42.5 Å². The van der Waals surface area contributed by atoms with Crippen LogP contribution in [0.4, 0.5) is 0 Å². The van der Waals surface area contributed by atoms with E-state index in [1.54, 1.807) is 39.7 Å². The second-order valence-corrected chi connectivity index (χ2v) is 9.14. The molecular formula is C28H36N2O6. The fourth-order valence-electron chi connectivity index (χ4n) is 5.14. The highest BCUT2D eigenvalue weighted by atomic mass is 16.5. The summed E-state index contributed by atoms with van der Waals surface area (Å²) in [5.41, 5.74) is 1.55. The molecule has 8 heteroatoms. The summed E-state index contributed by atoms with van der Waals surface area (Å²) in [6, 6.07) is 3.44. The smallest absolute Gasteiger partial charge is 0.255 e. The zero-order valence-electron chi connectivity index (χ0n) is 21.6. The van der Waals surface area contributed by atoms with Crippen LogP contribution in [0.25, 0.3) is 0 Å². The van der Waals surface area contributed by atoms with E-state index < -0.39 is 6.04 Å². The lowest BCUT2D eigenvalue weighted by Gasteiger charge is -2.36. The molecule has 0 radical (unpaired) electrons. The number of nitrogens with zero attached hydrogens (tertiary/aromatic N) is 2. The van der Waals surface area contributed by atoms with Crippen molar-refractivity contribution in [2.45, 2.75) is 44.2 Å². The lowest BCUT2D eigenvalue weighted by molar-refractivity contribution is 0.0658. The van der Waals surface area contributed by atoms with Crippen molar-refractivity contribution >= 4 is 5.91 Å². The first-order valence-electron chi connectivity index (χ1n) is 12.4. The standard InChI is InChI=1S/C28H36N2O6/c1-29-13-8-11-22(29)12-14-30(26(20-9-6-5-7-10-20)25-19-35-15-16-36-25)28(31)21-17-23(32-2)27(34-4)24(18-21)33-3/h5-6,9,15-19,22,26H,7-8,10-14H2,1-4H3. The van der Waals surface area contributed by atoms with Crippen LogP contribution in [0, 0.1) is 0 Å². The molecule has 1 aliphatic carbocycles. The highest BCUT2D eigenvalue weighted by Crippen LogP contribution is 2.39. The van der Waals surface area contributed by atoms with Crippen molar-refractivity contribution in [1.29, 1.82) is 0 Å². The summed E-state index contributed by atoms with van der Waals surface area (Å²) in [4.78, 5) is 18.5. The number of hydrogen-bond donors (Lipinski definition) is 0. The third kappa shape index (κ3) is 5.54. The fraction of sp³-hybridized carbons (Fsp3) is 0.464. The van der Waals surface area contributed by atoms with Crippen molar-refractivity contribution in [3.05, 3.63) is 66.0 Å². The maximum absolute atomic E-state index is 14.3. The van der Waals surface area contributed by atoms with Crippen molar-refractivity contribution in [2.24, 2.45) is 0 Å². The van der Waals surface area contributed by atoms with E-state index in [0.717, 1.165) is 37.8 Å². The van der Waals surface area contributed by atoms with Gasteiger partial charge in [-0.3, -0.25) is 4.79 Å². The van der Waals surface area contributed by atoms with Crippen molar-refractivity contribution in [3.63, 3.8) is 0 Å². The second kappa shape index (κ2) is 12.0. The minimum Gasteiger partial charge on any atom is -0.493 e. The zero-order chi connectivity index (χ0) is 25.5. The minimum atomic E-state index is -0.404. The van der Waals surface area contributed by atoms with Crippen molar-refractivity contribution in [3.8, 4) is 17.2 Å². The Morgan fingerprint density at radius 1 is 1.17 bits per heavy atom. The summed E-state index contributed by atoms with van der Waals surface area (Å²) in [5, 5.41) is 0. The molecule has 0 bridgehead atoms. The third-order valence-electron chi connectivity index (χ3n) is 7.05. The van der Waals surface area contributed by atoms with Gasteiger partial charge < -0.3 is 33.5 Å². The molecule has 1 aromatic rings. The predicted molar refractivity (Wildman–Crippen MR) is 137 cm³/mol. The number of carbonyl (C=O) groups excluding carboxylic acids is 1. The molecule has 2 unspecified atom stereocenters. The molecule has 2 heterocycles. The van der Waals surface area contributed by atoms with E-state index in [0.29, 0.717) is 41.2 Å². The van der Waals surface area contributed by atoms with Crippen LogP contribution in [0.3, 0.4) is 0 Å². The van der Waals surface area contributed by atoms with Gasteiger partial charge in [0, 0.05) is 18.2 Å². The van der Waals surface area contributed by atoms with E-state index in [1.165, 1.54) is 18.9 Å². The molecule has 36 heavy (non-hydrogen) atoms. The van der Waals surface area contributed by atoms with E-state index in [2.05, 4.69) is 24.1 Å². The molecule has 2 aliphatic heterocycles. The van der Waals surface area contributed by atoms with Crippen LogP contribution in [0.15, 0.2) is 60.5 Å². The Labute approximate surface area is 213 Å². The van der Waals surface area contributed by atoms with Crippen LogP contribution in [0.5, 0.6) is 17.2 Å². The molecule has 0 aromatic heterocycles. The summed E-state index contributed by atoms with van der Waals surface area (Å²) in [6.45, 7) is 1.64. The zero-order valence-corrected chi connectivity index (χ0v) is 21.6. The number of rotatable bonds is 10. The van der Waals surface area contributed by atoms with Gasteiger partial charge in [0.05, 0.1) is 21.3 Å². The number of hydrogen-bond acceptors (Lipinski definition) is 7. The van der Waals surface area contributed by atoms with E-state index >= 15 is 0 Å². The molecule has 0 saturated carbocycles. The predicted octanol–water partition coefficient (Wildman–Crippen LogP) is 4.64. The summed E-state index contributed by atoms with van der Waals surface area (Å²) in [5.74, 6) is 1.76. The van der Waals surface area contributed by atoms with Crippen LogP contribution in [-0.2, 0) is 9.47 Å². The summed E-state index contributed by atoms with van der Waals surface area (Å²) >= 11 is 0. The second-order valence-electron chi connectivity index (χ2n) is 9.14. The molecule has 194 valence electrons. The SMILES string of the molecule is COc1cc(C(=O)N(CCC2CCCN2C)C(C2=CC=CCC2)C2=COC=CO2)cc(OC)c1OC. The number of allylic oxidation sites excluding steroid dienone is 3. The van der Waals surface area contributed by atoms with Crippen LogP contribution < -0.4 is 14.2 Å². The number of ether oxygens (including phenoxy) is 5. The highest BCUT2D eigenvalue weighted by molar-refractivity contribution is 5.96.